The summed E-state index contributed by atoms with van der Waals surface area (Å²) in [6.07, 6.45) is 2.65. The quantitative estimate of drug-likeness (QED) is 0.548. The monoisotopic (exact) mass is 442 g/mol. The molecule has 0 unspecified atom stereocenters. The molecule has 1 saturated heterocycles. The van der Waals surface area contributed by atoms with Gasteiger partial charge >= 0.3 is 0 Å². The molecule has 2 aromatic rings. The van der Waals surface area contributed by atoms with Gasteiger partial charge in [0.05, 0.1) is 0 Å². The van der Waals surface area contributed by atoms with E-state index in [0.717, 1.165) is 55.9 Å². The maximum absolute atomic E-state index is 11.6. The van der Waals surface area contributed by atoms with E-state index in [-0.39, 0.29) is 18.3 Å². The Labute approximate surface area is 182 Å². The largest absolute Gasteiger partial charge is 0.489 e. The zero-order valence-corrected chi connectivity index (χ0v) is 18.0. The molecule has 0 aliphatic carbocycles. The van der Waals surface area contributed by atoms with Crippen molar-refractivity contribution in [1.29, 1.82) is 0 Å². The van der Waals surface area contributed by atoms with Crippen molar-refractivity contribution in [2.24, 2.45) is 0 Å². The SMILES string of the molecule is Cl.O=C1CCCN1CCCNCc1ccccc1OCc1ccc(Cl)cc1Cl. The van der Waals surface area contributed by atoms with E-state index in [4.69, 9.17) is 27.9 Å². The second kappa shape index (κ2) is 11.5. The number of para-hydroxylation sites is 1. The number of nitrogens with one attached hydrogen (secondary N) is 1. The first-order valence-corrected chi connectivity index (χ1v) is 10.0. The number of nitrogens with zero attached hydrogens (tertiary/aromatic N) is 1. The van der Waals surface area contributed by atoms with E-state index in [1.54, 1.807) is 6.07 Å². The van der Waals surface area contributed by atoms with Crippen molar-refractivity contribution in [3.05, 3.63) is 63.6 Å². The fraction of sp³-hybridized carbons (Fsp3) is 0.381. The fourth-order valence-electron chi connectivity index (χ4n) is 3.14. The molecule has 1 fully saturated rings. The number of carbonyl (C=O) groups is 1. The summed E-state index contributed by atoms with van der Waals surface area (Å²) in [6, 6.07) is 13.4. The third-order valence-electron chi connectivity index (χ3n) is 4.64. The second-order valence-corrected chi connectivity index (χ2v) is 7.49. The van der Waals surface area contributed by atoms with Gasteiger partial charge in [0.2, 0.25) is 5.91 Å². The summed E-state index contributed by atoms with van der Waals surface area (Å²) in [4.78, 5) is 13.6. The molecule has 1 heterocycles. The topological polar surface area (TPSA) is 41.6 Å². The van der Waals surface area contributed by atoms with Gasteiger partial charge < -0.3 is 15.0 Å². The molecular formula is C21H25Cl3N2O2. The van der Waals surface area contributed by atoms with Crippen molar-refractivity contribution >= 4 is 41.5 Å². The van der Waals surface area contributed by atoms with Crippen molar-refractivity contribution < 1.29 is 9.53 Å². The van der Waals surface area contributed by atoms with Crippen molar-refractivity contribution in [3.63, 3.8) is 0 Å². The van der Waals surface area contributed by atoms with Crippen LogP contribution in [0.15, 0.2) is 42.5 Å². The molecule has 0 bridgehead atoms. The Balaban J connectivity index is 0.00000280. The molecule has 1 amide bonds. The summed E-state index contributed by atoms with van der Waals surface area (Å²) in [5.74, 6) is 1.13. The van der Waals surface area contributed by atoms with Crippen LogP contribution in [0, 0.1) is 0 Å². The van der Waals surface area contributed by atoms with Crippen LogP contribution < -0.4 is 10.1 Å². The van der Waals surface area contributed by atoms with Gasteiger partial charge in [-0.05, 0) is 37.6 Å². The van der Waals surface area contributed by atoms with Gasteiger partial charge in [-0.2, -0.15) is 0 Å². The maximum Gasteiger partial charge on any atom is 0.222 e. The lowest BCUT2D eigenvalue weighted by atomic mass is 10.2. The molecule has 2 aromatic carbocycles. The van der Waals surface area contributed by atoms with Gasteiger partial charge in [-0.1, -0.05) is 47.5 Å². The van der Waals surface area contributed by atoms with Gasteiger partial charge in [0.1, 0.15) is 12.4 Å². The van der Waals surface area contributed by atoms with Crippen molar-refractivity contribution in [3.8, 4) is 5.75 Å². The van der Waals surface area contributed by atoms with Crippen LogP contribution in [0.2, 0.25) is 10.0 Å². The number of hydrogen-bond donors (Lipinski definition) is 1. The van der Waals surface area contributed by atoms with Crippen LogP contribution in [0.3, 0.4) is 0 Å². The number of hydrogen-bond acceptors (Lipinski definition) is 3. The number of carbonyl (C=O) groups excluding carboxylic acids is 1. The molecule has 0 atom stereocenters. The summed E-state index contributed by atoms with van der Waals surface area (Å²) in [5, 5.41) is 4.66. The molecule has 0 saturated carbocycles. The Morgan fingerprint density at radius 3 is 2.68 bits per heavy atom. The van der Waals surface area contributed by atoms with Crippen molar-refractivity contribution in [2.75, 3.05) is 19.6 Å². The van der Waals surface area contributed by atoms with E-state index in [1.165, 1.54) is 0 Å². The molecule has 0 radical (unpaired) electrons. The molecule has 0 spiro atoms. The lowest BCUT2D eigenvalue weighted by molar-refractivity contribution is -0.127. The lowest BCUT2D eigenvalue weighted by Crippen LogP contribution is -2.28. The Hall–Kier alpha value is -1.46. The van der Waals surface area contributed by atoms with Gasteiger partial charge in [0.15, 0.2) is 0 Å². The van der Waals surface area contributed by atoms with Crippen LogP contribution in [0.4, 0.5) is 0 Å². The van der Waals surface area contributed by atoms with Crippen molar-refractivity contribution in [1.82, 2.24) is 10.2 Å². The van der Waals surface area contributed by atoms with Crippen LogP contribution in [0.5, 0.6) is 5.75 Å². The van der Waals surface area contributed by atoms with Crippen LogP contribution in [-0.4, -0.2) is 30.4 Å². The third kappa shape index (κ3) is 6.56. The van der Waals surface area contributed by atoms with Gasteiger partial charge in [0.25, 0.3) is 0 Å². The number of halogens is 3. The Bertz CT molecular complexity index is 786. The fourth-order valence-corrected chi connectivity index (χ4v) is 3.61. The highest BCUT2D eigenvalue weighted by Crippen LogP contribution is 2.24. The van der Waals surface area contributed by atoms with E-state index in [9.17, 15) is 4.79 Å². The summed E-state index contributed by atoms with van der Waals surface area (Å²) >= 11 is 12.1. The number of amides is 1. The third-order valence-corrected chi connectivity index (χ3v) is 5.23. The Morgan fingerprint density at radius 1 is 1.11 bits per heavy atom. The summed E-state index contributed by atoms with van der Waals surface area (Å²) in [5.41, 5.74) is 2.00. The van der Waals surface area contributed by atoms with Crippen molar-refractivity contribution in [2.45, 2.75) is 32.4 Å². The van der Waals surface area contributed by atoms with Gasteiger partial charge in [-0.25, -0.2) is 0 Å². The Kier molecular flexibility index (Phi) is 9.39. The van der Waals surface area contributed by atoms with E-state index in [0.29, 0.717) is 23.1 Å². The Morgan fingerprint density at radius 2 is 1.93 bits per heavy atom. The molecule has 3 rings (SSSR count). The molecule has 4 nitrogen and oxygen atoms in total. The zero-order valence-electron chi connectivity index (χ0n) is 15.6. The molecule has 7 heteroatoms. The summed E-state index contributed by atoms with van der Waals surface area (Å²) in [7, 11) is 0. The highest BCUT2D eigenvalue weighted by atomic mass is 35.5. The van der Waals surface area contributed by atoms with E-state index in [2.05, 4.69) is 11.4 Å². The smallest absolute Gasteiger partial charge is 0.222 e. The normalized spacial score (nSPS) is 13.5. The molecule has 0 aromatic heterocycles. The van der Waals surface area contributed by atoms with Crippen LogP contribution in [0.1, 0.15) is 30.4 Å². The highest BCUT2D eigenvalue weighted by Gasteiger charge is 2.18. The van der Waals surface area contributed by atoms with Gasteiger partial charge in [0, 0.05) is 47.2 Å². The zero-order chi connectivity index (χ0) is 19.1. The number of rotatable bonds is 9. The second-order valence-electron chi connectivity index (χ2n) is 6.65. The van der Waals surface area contributed by atoms with Crippen LogP contribution >= 0.6 is 35.6 Å². The van der Waals surface area contributed by atoms with Crippen LogP contribution in [0.25, 0.3) is 0 Å². The van der Waals surface area contributed by atoms with Crippen LogP contribution in [-0.2, 0) is 17.9 Å². The molecule has 1 N–H and O–H groups in total. The number of benzene rings is 2. The molecule has 1 aliphatic heterocycles. The highest BCUT2D eigenvalue weighted by molar-refractivity contribution is 6.35. The predicted molar refractivity (Wildman–Crippen MR) is 117 cm³/mol. The first kappa shape index (κ1) is 22.8. The number of likely N-dealkylation sites (tertiary alicyclic amines) is 1. The molecular weight excluding hydrogens is 419 g/mol. The first-order valence-electron chi connectivity index (χ1n) is 9.26. The average Bonchev–Trinajstić information content (AvgIpc) is 3.06. The van der Waals surface area contributed by atoms with E-state index in [1.807, 2.05) is 35.2 Å². The minimum absolute atomic E-state index is 0. The summed E-state index contributed by atoms with van der Waals surface area (Å²) in [6.45, 7) is 3.71. The average molecular weight is 444 g/mol. The molecule has 1 aliphatic rings. The standard InChI is InChI=1S/C21H24Cl2N2O2.ClH/c22-18-9-8-17(19(23)13-18)15-27-20-6-2-1-5-16(20)14-24-10-4-12-25-11-3-7-21(25)26;/h1-2,5-6,8-9,13,24H,3-4,7,10-12,14-15H2;1H. The summed E-state index contributed by atoms with van der Waals surface area (Å²) < 4.78 is 5.98. The first-order chi connectivity index (χ1) is 13.1. The van der Waals surface area contributed by atoms with E-state index < -0.39 is 0 Å². The lowest BCUT2D eigenvalue weighted by Gasteiger charge is -2.16. The number of ether oxygens (including phenoxy) is 1. The predicted octanol–water partition coefficient (Wildman–Crippen LogP) is 5.10. The molecule has 152 valence electrons. The minimum Gasteiger partial charge on any atom is -0.489 e. The van der Waals surface area contributed by atoms with Gasteiger partial charge in [-0.15, -0.1) is 12.4 Å². The van der Waals surface area contributed by atoms with Gasteiger partial charge in [-0.3, -0.25) is 4.79 Å². The van der Waals surface area contributed by atoms with E-state index >= 15 is 0 Å². The maximum atomic E-state index is 11.6. The minimum atomic E-state index is 0. The molecule has 28 heavy (non-hydrogen) atoms.